The van der Waals surface area contributed by atoms with E-state index in [1.54, 1.807) is 11.8 Å². The van der Waals surface area contributed by atoms with E-state index >= 15 is 0 Å². The molecular formula is C19H21BrN4O2S. The number of rotatable bonds is 7. The Morgan fingerprint density at radius 1 is 1.19 bits per heavy atom. The van der Waals surface area contributed by atoms with Gasteiger partial charge in [0.15, 0.2) is 11.5 Å². The lowest BCUT2D eigenvalue weighted by atomic mass is 10.1. The standard InChI is InChI=1S/C19H21BrN4O2S/c1-12-6-4-5-7-14(12)11-26-18-9-16(20)15(8-17(18)25-3)10-21-24-13(2)22-23-19(24)27/h4-9,21H,10-11H2,1-3H3,(H,23,27). The Morgan fingerprint density at radius 2 is 1.96 bits per heavy atom. The van der Waals surface area contributed by atoms with E-state index in [-0.39, 0.29) is 0 Å². The van der Waals surface area contributed by atoms with E-state index in [9.17, 15) is 0 Å². The Morgan fingerprint density at radius 3 is 2.63 bits per heavy atom. The zero-order chi connectivity index (χ0) is 19.4. The van der Waals surface area contributed by atoms with Gasteiger partial charge in [0.1, 0.15) is 12.4 Å². The predicted molar refractivity (Wildman–Crippen MR) is 111 cm³/mol. The molecule has 0 bridgehead atoms. The zero-order valence-electron chi connectivity index (χ0n) is 15.4. The first kappa shape index (κ1) is 19.4. The average Bonchev–Trinajstić information content (AvgIpc) is 2.98. The Labute approximate surface area is 171 Å². The monoisotopic (exact) mass is 448 g/mol. The van der Waals surface area contributed by atoms with Gasteiger partial charge in [-0.05, 0) is 54.9 Å². The first-order valence-corrected chi connectivity index (χ1v) is 9.61. The van der Waals surface area contributed by atoms with E-state index in [4.69, 9.17) is 21.7 Å². The number of nitrogens with one attached hydrogen (secondary N) is 2. The molecule has 0 saturated heterocycles. The third kappa shape index (κ3) is 4.51. The van der Waals surface area contributed by atoms with Crippen molar-refractivity contribution in [3.8, 4) is 11.5 Å². The molecule has 0 radical (unpaired) electrons. The van der Waals surface area contributed by atoms with E-state index in [2.05, 4.69) is 50.6 Å². The van der Waals surface area contributed by atoms with Crippen LogP contribution in [0.25, 0.3) is 0 Å². The van der Waals surface area contributed by atoms with Crippen LogP contribution in [0.15, 0.2) is 40.9 Å². The van der Waals surface area contributed by atoms with Crippen LogP contribution in [0.4, 0.5) is 0 Å². The Hall–Kier alpha value is -2.32. The number of aromatic nitrogens is 3. The normalized spacial score (nSPS) is 10.7. The third-order valence-corrected chi connectivity index (χ3v) is 5.26. The molecule has 8 heteroatoms. The maximum Gasteiger partial charge on any atom is 0.214 e. The number of aromatic amines is 1. The molecular weight excluding hydrogens is 428 g/mol. The molecule has 3 rings (SSSR count). The molecule has 0 amide bonds. The minimum atomic E-state index is 0.483. The van der Waals surface area contributed by atoms with Crippen molar-refractivity contribution in [3.63, 3.8) is 0 Å². The molecule has 0 aliphatic rings. The number of nitrogens with zero attached hydrogens (tertiary/aromatic N) is 2. The highest BCUT2D eigenvalue weighted by Crippen LogP contribution is 2.34. The predicted octanol–water partition coefficient (Wildman–Crippen LogP) is 4.65. The molecule has 0 saturated carbocycles. The number of halogens is 1. The molecule has 0 aliphatic carbocycles. The summed E-state index contributed by atoms with van der Waals surface area (Å²) < 4.78 is 14.7. The van der Waals surface area contributed by atoms with Gasteiger partial charge in [0.05, 0.1) is 13.7 Å². The van der Waals surface area contributed by atoms with Crippen LogP contribution in [-0.2, 0) is 13.2 Å². The summed E-state index contributed by atoms with van der Waals surface area (Å²) in [7, 11) is 1.64. The maximum absolute atomic E-state index is 6.01. The molecule has 2 N–H and O–H groups in total. The van der Waals surface area contributed by atoms with Gasteiger partial charge >= 0.3 is 0 Å². The number of methoxy groups -OCH3 is 1. The molecule has 0 aliphatic heterocycles. The van der Waals surface area contributed by atoms with Crippen molar-refractivity contribution in [1.29, 1.82) is 0 Å². The number of benzene rings is 2. The largest absolute Gasteiger partial charge is 0.493 e. The van der Waals surface area contributed by atoms with Gasteiger partial charge in [-0.3, -0.25) is 5.10 Å². The Bertz CT molecular complexity index is 1000. The van der Waals surface area contributed by atoms with Crippen LogP contribution >= 0.6 is 28.1 Å². The second kappa shape index (κ2) is 8.58. The van der Waals surface area contributed by atoms with Crippen molar-refractivity contribution in [2.24, 2.45) is 0 Å². The van der Waals surface area contributed by atoms with Crippen molar-refractivity contribution in [2.75, 3.05) is 12.5 Å². The highest BCUT2D eigenvalue weighted by atomic mass is 79.9. The lowest BCUT2D eigenvalue weighted by molar-refractivity contribution is 0.283. The number of H-pyrrole nitrogens is 1. The van der Waals surface area contributed by atoms with E-state index in [0.29, 0.717) is 29.4 Å². The summed E-state index contributed by atoms with van der Waals surface area (Å²) >= 11 is 8.83. The van der Waals surface area contributed by atoms with Crippen LogP contribution in [0.2, 0.25) is 0 Å². The number of ether oxygens (including phenoxy) is 2. The summed E-state index contributed by atoms with van der Waals surface area (Å²) in [6.07, 6.45) is 0. The van der Waals surface area contributed by atoms with E-state index in [1.165, 1.54) is 5.56 Å². The van der Waals surface area contributed by atoms with Gasteiger partial charge in [0.2, 0.25) is 4.77 Å². The van der Waals surface area contributed by atoms with E-state index in [0.717, 1.165) is 21.4 Å². The van der Waals surface area contributed by atoms with E-state index in [1.807, 2.05) is 31.2 Å². The summed E-state index contributed by atoms with van der Waals surface area (Å²) in [5.41, 5.74) is 6.60. The molecule has 1 aromatic heterocycles. The molecule has 2 aromatic carbocycles. The third-order valence-electron chi connectivity index (χ3n) is 4.24. The molecule has 0 unspecified atom stereocenters. The average molecular weight is 449 g/mol. The molecule has 27 heavy (non-hydrogen) atoms. The lowest BCUT2D eigenvalue weighted by Crippen LogP contribution is -2.16. The topological polar surface area (TPSA) is 64.1 Å². The summed E-state index contributed by atoms with van der Waals surface area (Å²) in [5.74, 6) is 2.13. The second-order valence-electron chi connectivity index (χ2n) is 6.06. The van der Waals surface area contributed by atoms with Crippen molar-refractivity contribution in [3.05, 3.63) is 68.2 Å². The van der Waals surface area contributed by atoms with Gasteiger partial charge < -0.3 is 14.9 Å². The van der Waals surface area contributed by atoms with Gasteiger partial charge in [-0.25, -0.2) is 4.68 Å². The molecule has 1 heterocycles. The zero-order valence-corrected chi connectivity index (χ0v) is 17.8. The van der Waals surface area contributed by atoms with Gasteiger partial charge in [0, 0.05) is 4.47 Å². The van der Waals surface area contributed by atoms with Crippen LogP contribution in [-0.4, -0.2) is 22.0 Å². The first-order chi connectivity index (χ1) is 13.0. The summed E-state index contributed by atoms with van der Waals surface area (Å²) in [4.78, 5) is 0. The van der Waals surface area contributed by atoms with Crippen molar-refractivity contribution >= 4 is 28.1 Å². The highest BCUT2D eigenvalue weighted by Gasteiger charge is 2.12. The SMILES string of the molecule is COc1cc(CNn2c(C)n[nH]c2=S)c(Br)cc1OCc1ccccc1C. The smallest absolute Gasteiger partial charge is 0.214 e. The van der Waals surface area contributed by atoms with Gasteiger partial charge in [0.25, 0.3) is 0 Å². The highest BCUT2D eigenvalue weighted by molar-refractivity contribution is 9.10. The molecule has 142 valence electrons. The van der Waals surface area contributed by atoms with Crippen LogP contribution < -0.4 is 14.9 Å². The first-order valence-electron chi connectivity index (χ1n) is 8.41. The van der Waals surface area contributed by atoms with Crippen LogP contribution in [0, 0.1) is 18.6 Å². The number of hydrogen-bond donors (Lipinski definition) is 2. The maximum atomic E-state index is 6.01. The summed E-state index contributed by atoms with van der Waals surface area (Å²) in [6, 6.07) is 12.0. The fourth-order valence-corrected chi connectivity index (χ4v) is 3.34. The van der Waals surface area contributed by atoms with Gasteiger partial charge in [-0.2, -0.15) is 5.10 Å². The molecule has 3 aromatic rings. The summed E-state index contributed by atoms with van der Waals surface area (Å²) in [5, 5.41) is 6.84. The number of aryl methyl sites for hydroxylation is 2. The summed E-state index contributed by atoms with van der Waals surface area (Å²) in [6.45, 7) is 4.97. The van der Waals surface area contributed by atoms with Crippen molar-refractivity contribution in [2.45, 2.75) is 27.0 Å². The van der Waals surface area contributed by atoms with Crippen molar-refractivity contribution in [1.82, 2.24) is 14.9 Å². The molecule has 0 spiro atoms. The Balaban J connectivity index is 1.76. The lowest BCUT2D eigenvalue weighted by Gasteiger charge is -2.16. The number of hydrogen-bond acceptors (Lipinski definition) is 5. The quantitative estimate of drug-likeness (QED) is 0.514. The van der Waals surface area contributed by atoms with Crippen LogP contribution in [0.3, 0.4) is 0 Å². The molecule has 6 nitrogen and oxygen atoms in total. The van der Waals surface area contributed by atoms with E-state index < -0.39 is 0 Å². The van der Waals surface area contributed by atoms with Crippen molar-refractivity contribution < 1.29 is 9.47 Å². The van der Waals surface area contributed by atoms with Gasteiger partial charge in [-0.15, -0.1) is 0 Å². The van der Waals surface area contributed by atoms with Crippen LogP contribution in [0.5, 0.6) is 11.5 Å². The molecule has 0 atom stereocenters. The fraction of sp³-hybridized carbons (Fsp3) is 0.263. The second-order valence-corrected chi connectivity index (χ2v) is 7.30. The fourth-order valence-electron chi connectivity index (χ4n) is 2.64. The minimum absolute atomic E-state index is 0.483. The molecule has 0 fully saturated rings. The van der Waals surface area contributed by atoms with Crippen LogP contribution in [0.1, 0.15) is 22.5 Å². The van der Waals surface area contributed by atoms with Gasteiger partial charge in [-0.1, -0.05) is 40.2 Å². The minimum Gasteiger partial charge on any atom is -0.493 e. The Kier molecular flexibility index (Phi) is 6.18.